The third kappa shape index (κ3) is 3.02. The van der Waals surface area contributed by atoms with Gasteiger partial charge in [0.25, 0.3) is 0 Å². The number of hydrogen-bond donors (Lipinski definition) is 1. The molecular formula is C18H21NO. The summed E-state index contributed by atoms with van der Waals surface area (Å²) in [6.07, 6.45) is 4.26. The van der Waals surface area contributed by atoms with Crippen LogP contribution in [0.5, 0.6) is 5.75 Å². The van der Waals surface area contributed by atoms with Gasteiger partial charge in [0.05, 0.1) is 6.61 Å². The van der Waals surface area contributed by atoms with E-state index in [0.29, 0.717) is 0 Å². The molecule has 2 heteroatoms. The van der Waals surface area contributed by atoms with E-state index in [2.05, 4.69) is 48.5 Å². The Morgan fingerprint density at radius 2 is 1.95 bits per heavy atom. The van der Waals surface area contributed by atoms with Crippen molar-refractivity contribution in [2.45, 2.75) is 31.7 Å². The van der Waals surface area contributed by atoms with Crippen LogP contribution in [-0.4, -0.2) is 6.61 Å². The van der Waals surface area contributed by atoms with E-state index in [0.717, 1.165) is 38.0 Å². The average Bonchev–Trinajstić information content (AvgIpc) is 2.95. The highest BCUT2D eigenvalue weighted by atomic mass is 16.5. The van der Waals surface area contributed by atoms with Gasteiger partial charge in [-0.25, -0.2) is 0 Å². The van der Waals surface area contributed by atoms with Crippen LogP contribution >= 0.6 is 0 Å². The normalized spacial score (nSPS) is 14.7. The van der Waals surface area contributed by atoms with Crippen LogP contribution < -0.4 is 10.5 Å². The Kier molecular flexibility index (Phi) is 4.03. The Balaban J connectivity index is 1.55. The largest absolute Gasteiger partial charge is 0.493 e. The number of benzene rings is 2. The van der Waals surface area contributed by atoms with Gasteiger partial charge < -0.3 is 10.5 Å². The van der Waals surface area contributed by atoms with Gasteiger partial charge in [-0.15, -0.1) is 0 Å². The van der Waals surface area contributed by atoms with Crippen molar-refractivity contribution in [3.8, 4) is 5.75 Å². The van der Waals surface area contributed by atoms with Crippen LogP contribution in [-0.2, 0) is 12.8 Å². The lowest BCUT2D eigenvalue weighted by atomic mass is 9.98. The van der Waals surface area contributed by atoms with Gasteiger partial charge in [0, 0.05) is 12.5 Å². The molecule has 2 aromatic carbocycles. The highest BCUT2D eigenvalue weighted by Gasteiger charge is 2.14. The lowest BCUT2D eigenvalue weighted by molar-refractivity contribution is 0.357. The minimum absolute atomic E-state index is 0.129. The fraction of sp³-hybridized carbons (Fsp3) is 0.333. The van der Waals surface area contributed by atoms with Crippen LogP contribution in [0.25, 0.3) is 0 Å². The molecule has 1 aliphatic heterocycles. The van der Waals surface area contributed by atoms with Crippen molar-refractivity contribution < 1.29 is 4.74 Å². The predicted octanol–water partition coefficient (Wildman–Crippen LogP) is 3.64. The number of hydrogen-bond acceptors (Lipinski definition) is 2. The molecule has 1 heterocycles. The van der Waals surface area contributed by atoms with Crippen LogP contribution in [0.1, 0.15) is 35.6 Å². The second kappa shape index (κ2) is 6.10. The molecule has 2 N–H and O–H groups in total. The molecule has 0 spiro atoms. The summed E-state index contributed by atoms with van der Waals surface area (Å²) in [6, 6.07) is 17.1. The van der Waals surface area contributed by atoms with Gasteiger partial charge in [0.1, 0.15) is 5.75 Å². The Morgan fingerprint density at radius 1 is 1.10 bits per heavy atom. The Labute approximate surface area is 120 Å². The van der Waals surface area contributed by atoms with E-state index in [9.17, 15) is 0 Å². The zero-order valence-electron chi connectivity index (χ0n) is 11.7. The molecule has 0 amide bonds. The molecule has 0 radical (unpaired) electrons. The molecule has 0 saturated heterocycles. The summed E-state index contributed by atoms with van der Waals surface area (Å²) < 4.78 is 5.53. The van der Waals surface area contributed by atoms with Crippen LogP contribution in [0, 0.1) is 0 Å². The summed E-state index contributed by atoms with van der Waals surface area (Å²) in [4.78, 5) is 0. The maximum Gasteiger partial charge on any atom is 0.122 e. The highest BCUT2D eigenvalue weighted by Crippen LogP contribution is 2.28. The quantitative estimate of drug-likeness (QED) is 0.897. The molecule has 1 aliphatic rings. The van der Waals surface area contributed by atoms with E-state index in [-0.39, 0.29) is 6.04 Å². The number of rotatable bonds is 5. The third-order valence-corrected chi connectivity index (χ3v) is 3.97. The maximum absolute atomic E-state index is 6.31. The van der Waals surface area contributed by atoms with Crippen molar-refractivity contribution in [3.05, 3.63) is 65.2 Å². The lowest BCUT2D eigenvalue weighted by Crippen LogP contribution is -2.10. The maximum atomic E-state index is 6.31. The molecule has 2 nitrogen and oxygen atoms in total. The molecule has 0 aliphatic carbocycles. The van der Waals surface area contributed by atoms with E-state index >= 15 is 0 Å². The standard InChI is InChI=1S/C18H21NO/c19-17(8-4-7-14-5-2-1-3-6-14)15-9-10-18-16(13-15)11-12-20-18/h1-3,5-6,9-10,13,17H,4,7-8,11-12,19H2. The fourth-order valence-corrected chi connectivity index (χ4v) is 2.77. The smallest absolute Gasteiger partial charge is 0.122 e. The summed E-state index contributed by atoms with van der Waals surface area (Å²) in [5.41, 5.74) is 10.2. The number of ether oxygens (including phenoxy) is 1. The van der Waals surface area contributed by atoms with Crippen molar-refractivity contribution in [2.75, 3.05) is 6.61 Å². The van der Waals surface area contributed by atoms with Crippen molar-refractivity contribution in [2.24, 2.45) is 5.73 Å². The monoisotopic (exact) mass is 267 g/mol. The molecule has 1 unspecified atom stereocenters. The Morgan fingerprint density at radius 3 is 2.80 bits per heavy atom. The van der Waals surface area contributed by atoms with E-state index in [1.54, 1.807) is 0 Å². The van der Waals surface area contributed by atoms with E-state index in [1.807, 2.05) is 0 Å². The molecule has 0 bridgehead atoms. The van der Waals surface area contributed by atoms with E-state index in [4.69, 9.17) is 10.5 Å². The van der Waals surface area contributed by atoms with Crippen molar-refractivity contribution in [1.82, 2.24) is 0 Å². The third-order valence-electron chi connectivity index (χ3n) is 3.97. The van der Waals surface area contributed by atoms with Gasteiger partial charge in [0.2, 0.25) is 0 Å². The van der Waals surface area contributed by atoms with E-state index in [1.165, 1.54) is 16.7 Å². The molecule has 3 rings (SSSR count). The van der Waals surface area contributed by atoms with Crippen molar-refractivity contribution >= 4 is 0 Å². The Bertz CT molecular complexity index is 565. The van der Waals surface area contributed by atoms with Gasteiger partial charge in [-0.2, -0.15) is 0 Å². The summed E-state index contributed by atoms with van der Waals surface area (Å²) in [7, 11) is 0. The second-order valence-electron chi connectivity index (χ2n) is 5.45. The molecule has 2 aromatic rings. The molecule has 0 aromatic heterocycles. The summed E-state index contributed by atoms with van der Waals surface area (Å²) in [5, 5.41) is 0. The van der Waals surface area contributed by atoms with Crippen LogP contribution in [0.3, 0.4) is 0 Å². The first-order chi connectivity index (χ1) is 9.83. The molecule has 0 fully saturated rings. The molecule has 20 heavy (non-hydrogen) atoms. The SMILES string of the molecule is NC(CCCc1ccccc1)c1ccc2c(c1)CCO2. The number of nitrogens with two attached hydrogens (primary N) is 1. The topological polar surface area (TPSA) is 35.2 Å². The number of fused-ring (bicyclic) bond motifs is 1. The summed E-state index contributed by atoms with van der Waals surface area (Å²) in [6.45, 7) is 0.808. The first-order valence-corrected chi connectivity index (χ1v) is 7.38. The zero-order chi connectivity index (χ0) is 13.8. The summed E-state index contributed by atoms with van der Waals surface area (Å²) >= 11 is 0. The second-order valence-corrected chi connectivity index (χ2v) is 5.45. The minimum atomic E-state index is 0.129. The zero-order valence-corrected chi connectivity index (χ0v) is 11.7. The van der Waals surface area contributed by atoms with Gasteiger partial charge in [-0.05, 0) is 42.0 Å². The molecule has 0 saturated carbocycles. The minimum Gasteiger partial charge on any atom is -0.493 e. The first-order valence-electron chi connectivity index (χ1n) is 7.38. The lowest BCUT2D eigenvalue weighted by Gasteiger charge is -2.13. The molecule has 1 atom stereocenters. The molecule has 104 valence electrons. The van der Waals surface area contributed by atoms with E-state index < -0.39 is 0 Å². The van der Waals surface area contributed by atoms with Gasteiger partial charge in [-0.1, -0.05) is 42.5 Å². The number of aryl methyl sites for hydroxylation is 1. The predicted molar refractivity (Wildman–Crippen MR) is 81.9 cm³/mol. The van der Waals surface area contributed by atoms with Crippen LogP contribution in [0.4, 0.5) is 0 Å². The van der Waals surface area contributed by atoms with Gasteiger partial charge >= 0.3 is 0 Å². The molecular weight excluding hydrogens is 246 g/mol. The van der Waals surface area contributed by atoms with Crippen molar-refractivity contribution in [1.29, 1.82) is 0 Å². The Hall–Kier alpha value is -1.80. The van der Waals surface area contributed by atoms with Gasteiger partial charge in [0.15, 0.2) is 0 Å². The van der Waals surface area contributed by atoms with Gasteiger partial charge in [-0.3, -0.25) is 0 Å². The van der Waals surface area contributed by atoms with Crippen LogP contribution in [0.15, 0.2) is 48.5 Å². The fourth-order valence-electron chi connectivity index (χ4n) is 2.77. The average molecular weight is 267 g/mol. The summed E-state index contributed by atoms with van der Waals surface area (Å²) in [5.74, 6) is 1.03. The highest BCUT2D eigenvalue weighted by molar-refractivity contribution is 5.40. The van der Waals surface area contributed by atoms with Crippen LogP contribution in [0.2, 0.25) is 0 Å². The first kappa shape index (κ1) is 13.2. The van der Waals surface area contributed by atoms with Crippen molar-refractivity contribution in [3.63, 3.8) is 0 Å².